The molecule has 0 bridgehead atoms. The van der Waals surface area contributed by atoms with E-state index < -0.39 is 0 Å². The van der Waals surface area contributed by atoms with E-state index in [2.05, 4.69) is 371 Å². The van der Waals surface area contributed by atoms with Gasteiger partial charge < -0.3 is 4.48 Å². The Bertz CT molecular complexity index is 3740. The van der Waals surface area contributed by atoms with Crippen molar-refractivity contribution in [3.63, 3.8) is 0 Å². The molecule has 0 saturated carbocycles. The maximum absolute atomic E-state index is 2.73. The molecule has 0 N–H and O–H groups in total. The van der Waals surface area contributed by atoms with E-state index in [-0.39, 0.29) is 0 Å². The summed E-state index contributed by atoms with van der Waals surface area (Å²) in [5.41, 5.74) is 15.2. The van der Waals surface area contributed by atoms with Gasteiger partial charge in [0, 0.05) is 185 Å². The lowest BCUT2D eigenvalue weighted by atomic mass is 10.0. The van der Waals surface area contributed by atoms with Gasteiger partial charge in [0.1, 0.15) is 31.5 Å². The van der Waals surface area contributed by atoms with E-state index in [1.165, 1.54) is 151 Å². The van der Waals surface area contributed by atoms with Gasteiger partial charge in [-0.15, -0.1) is 0 Å². The number of quaternary nitrogens is 1. The van der Waals surface area contributed by atoms with Crippen LogP contribution in [0.15, 0.2) is 104 Å². The maximum Gasteiger partial charge on any atom is 0.271 e. The summed E-state index contributed by atoms with van der Waals surface area (Å²) in [5.74, 6) is 1.45. The van der Waals surface area contributed by atoms with Crippen molar-refractivity contribution in [3.05, 3.63) is 166 Å². The van der Waals surface area contributed by atoms with Crippen LogP contribution in [0, 0.1) is 0 Å². The van der Waals surface area contributed by atoms with E-state index in [0.29, 0.717) is 72.5 Å². The quantitative estimate of drug-likeness (QED) is 0.0796. The van der Waals surface area contributed by atoms with Crippen molar-refractivity contribution in [2.45, 2.75) is 381 Å². The van der Waals surface area contributed by atoms with Crippen LogP contribution in [0.3, 0.4) is 0 Å². The molecule has 0 spiro atoms. The lowest BCUT2D eigenvalue weighted by molar-refractivity contribution is -0.940. The van der Waals surface area contributed by atoms with Gasteiger partial charge in [-0.1, -0.05) is 0 Å². The second kappa shape index (κ2) is 40.6. The lowest BCUT2D eigenvalue weighted by Gasteiger charge is -2.40. The molecule has 0 aliphatic carbocycles. The van der Waals surface area contributed by atoms with E-state index in [4.69, 9.17) is 0 Å². The molecule has 2 saturated heterocycles. The van der Waals surface area contributed by atoms with Gasteiger partial charge in [-0.2, -0.15) is 9.13 Å². The van der Waals surface area contributed by atoms with Crippen molar-refractivity contribution >= 4 is 0 Å². The molecule has 14 rings (SSSR count). The van der Waals surface area contributed by atoms with Crippen LogP contribution in [-0.4, -0.2) is 157 Å². The smallest absolute Gasteiger partial charge is 0.271 e. The number of fused-ring (bicyclic) bond motifs is 7. The Hall–Kier alpha value is -5.36. The van der Waals surface area contributed by atoms with Gasteiger partial charge in [-0.25, -0.2) is 22.8 Å². The number of likely N-dealkylation sites (N-methyl/N-ethyl adjacent to an activating group) is 1. The molecule has 14 heterocycles. The predicted octanol–water partition coefficient (Wildman–Crippen LogP) is 15.2. The summed E-state index contributed by atoms with van der Waals surface area (Å²) < 4.78 is 17.9. The summed E-state index contributed by atoms with van der Waals surface area (Å²) in [5, 5.41) is 0. The first-order valence-corrected chi connectivity index (χ1v) is 43.7. The summed E-state index contributed by atoms with van der Waals surface area (Å²) in [6.07, 6.45) is 27.8. The summed E-state index contributed by atoms with van der Waals surface area (Å²) in [7, 11) is 2.47. The molecular weight excluding hydrogens is 1340 g/mol. The van der Waals surface area contributed by atoms with Crippen LogP contribution in [0.4, 0.5) is 0 Å². The molecule has 3 unspecified atom stereocenters. The van der Waals surface area contributed by atoms with Crippen molar-refractivity contribution < 1.29 is 31.9 Å². The fraction of sp³-hybridized carbons (Fsp3) is 0.702. The highest BCUT2D eigenvalue weighted by atomic mass is 15.4. The number of hydrogen-bond donors (Lipinski definition) is 0. The summed E-state index contributed by atoms with van der Waals surface area (Å²) in [4.78, 5) is 18.0. The first-order valence-electron chi connectivity index (χ1n) is 43.7. The van der Waals surface area contributed by atoms with E-state index in [0.717, 1.165) is 76.5 Å². The Labute approximate surface area is 667 Å². The third kappa shape index (κ3) is 23.2. The third-order valence-corrected chi connectivity index (χ3v) is 25.7. The van der Waals surface area contributed by atoms with Crippen molar-refractivity contribution in [2.24, 2.45) is 0 Å². The van der Waals surface area contributed by atoms with Crippen LogP contribution in [0.1, 0.15) is 305 Å². The maximum atomic E-state index is 2.73. The zero-order valence-electron chi connectivity index (χ0n) is 75.1. The summed E-state index contributed by atoms with van der Waals surface area (Å²) in [6, 6.07) is 28.5. The van der Waals surface area contributed by atoms with Crippen LogP contribution in [0.5, 0.6) is 0 Å². The third-order valence-electron chi connectivity index (χ3n) is 25.7. The van der Waals surface area contributed by atoms with Crippen LogP contribution in [0.2, 0.25) is 0 Å². The van der Waals surface area contributed by atoms with Gasteiger partial charge in [0.15, 0.2) is 90.7 Å². The highest BCUT2D eigenvalue weighted by Gasteiger charge is 2.53. The molecule has 0 aromatic carbocycles. The number of likely N-dealkylation sites (tertiary alicyclic amines) is 2. The number of pyridine rings is 5. The topological polar surface area (TPSA) is 50.9 Å². The van der Waals surface area contributed by atoms with Crippen molar-refractivity contribution in [2.75, 3.05) is 52.9 Å². The van der Waals surface area contributed by atoms with Crippen molar-refractivity contribution in [1.82, 2.24) is 38.9 Å². The van der Waals surface area contributed by atoms with Crippen molar-refractivity contribution in [1.29, 1.82) is 0 Å². The predicted molar refractivity (Wildman–Crippen MR) is 452 cm³/mol. The van der Waals surface area contributed by atoms with E-state index in [9.17, 15) is 0 Å². The van der Waals surface area contributed by atoms with Gasteiger partial charge >= 0.3 is 0 Å². The Balaban J connectivity index is 0.000000160. The average molecular weight is 1500 g/mol. The minimum Gasteiger partial charge on any atom is -0.320 e. The second-order valence-electron chi connectivity index (χ2n) is 37.5. The normalized spacial score (nSPS) is 20.3. The zero-order valence-corrected chi connectivity index (χ0v) is 75.1. The van der Waals surface area contributed by atoms with Gasteiger partial charge in [0.2, 0.25) is 0 Å². The molecular formula is C94H162N15+7. The van der Waals surface area contributed by atoms with E-state index in [1.54, 1.807) is 0 Å². The van der Waals surface area contributed by atoms with E-state index >= 15 is 0 Å². The summed E-state index contributed by atoms with van der Waals surface area (Å²) >= 11 is 0. The lowest BCUT2D eigenvalue weighted by Crippen LogP contribution is -2.54. The van der Waals surface area contributed by atoms with Gasteiger partial charge in [-0.3, -0.25) is 34.3 Å². The zero-order chi connectivity index (χ0) is 80.0. The van der Waals surface area contributed by atoms with Crippen LogP contribution in [-0.2, 0) is 78.0 Å². The van der Waals surface area contributed by atoms with Crippen LogP contribution >= 0.6 is 0 Å². The largest absolute Gasteiger partial charge is 0.320 e. The Kier molecular flexibility index (Phi) is 33.2. The van der Waals surface area contributed by atoms with Gasteiger partial charge in [0.25, 0.3) is 5.82 Å². The molecule has 0 amide bonds. The molecule has 109 heavy (non-hydrogen) atoms. The number of hydrogen-bond acceptors (Lipinski definition) is 7. The van der Waals surface area contributed by atoms with E-state index in [1.807, 2.05) is 0 Å². The highest BCUT2D eigenvalue weighted by molar-refractivity contribution is 5.26. The molecule has 6 aromatic rings. The Morgan fingerprint density at radius 2 is 0.752 bits per heavy atom. The summed E-state index contributed by atoms with van der Waals surface area (Å²) in [6.45, 7) is 81.3. The fourth-order valence-electron chi connectivity index (χ4n) is 17.8. The molecule has 15 heteroatoms. The van der Waals surface area contributed by atoms with Crippen molar-refractivity contribution in [3.8, 4) is 0 Å². The molecule has 3 atom stereocenters. The molecule has 2 fully saturated rings. The Morgan fingerprint density at radius 1 is 0.339 bits per heavy atom. The molecule has 8 aliphatic rings. The standard InChI is InChI=1S/4C14H23N2.C13H27N2.C13H21N2.C12H22N3/c1-11(2)15-7-5-14-10-16(12(3)4)8-6-13(14)9-15;1-11(2)15-7-5-13-6-8-16(12(3)4)10-14(13)9-15;1-11(2)15-9-7-14-13(10-15)6-5-8-16(14)12(3)4;1-11(2)15-9-7-13-6-5-8-16(12(3)4)14(13)10-15;1-10(2)14-8-6-13-12(14)7-9-15(13,5)11(3)4;1-10(2)14-8-12-6-5-7-15(11(3)4)13(12)9-14;1-10(2)14-6-5-13-7-8-15(11(3)4)12(13)9-14/h2*5,7,9,11-12H,6,8,10H2,1-4H3;2*5-6,8,11-12H,7,9-10H2,1-4H3;10-13H,6-9H2,1-5H3;5-7,10-11H,8-9H2,1-4H3;7-8,10-11H,5-6,9H2,1-4H3/q7*+1. The minimum atomic E-state index is 0.555. The first-order chi connectivity index (χ1) is 51.5. The molecule has 6 aromatic heterocycles. The fourth-order valence-corrected chi connectivity index (χ4v) is 17.8. The number of rotatable bonds is 14. The number of aromatic nitrogens is 7. The SMILES string of the molecule is CC(C)N1CCC2C1CC[N+]2(C)C(C)C.CC(C)N1CC[n+]2ccn(C(C)C)c2C1.CC(C)N1CCc2c(ccc[n+]2C(C)C)C1.CC(C)N1CCc2c[n+](C(C)C)ccc2C1.CC(C)N1CCc2cc[n+](C(C)C)cc2C1.CC(C)N1CCc2ccc[n+](C(C)C)c2C1.CC(C)N1Cc2ccc[n+](C(C)C)c2C1. The second-order valence-corrected chi connectivity index (χ2v) is 37.5. The van der Waals surface area contributed by atoms with Gasteiger partial charge in [0.05, 0.1) is 44.8 Å². The monoisotopic (exact) mass is 1500 g/mol. The van der Waals surface area contributed by atoms with Crippen LogP contribution < -0.4 is 27.4 Å². The number of nitrogens with zero attached hydrogens (tertiary/aromatic N) is 15. The van der Waals surface area contributed by atoms with Gasteiger partial charge in [-0.05, 0) is 242 Å². The molecule has 0 radical (unpaired) electrons. The number of imidazole rings is 1. The average Bonchev–Trinajstić information content (AvgIpc) is 1.61. The highest BCUT2D eigenvalue weighted by Crippen LogP contribution is 2.39. The Morgan fingerprint density at radius 3 is 1.25 bits per heavy atom. The molecule has 606 valence electrons. The minimum absolute atomic E-state index is 0.555. The molecule has 15 nitrogen and oxygen atoms in total. The molecule has 8 aliphatic heterocycles. The first kappa shape index (κ1) is 89.2. The van der Waals surface area contributed by atoms with Crippen LogP contribution in [0.25, 0.3) is 0 Å².